The molecular weight excluding hydrogens is 220 g/mol. The molecule has 3 rings (SSSR count). The first-order valence-corrected chi connectivity index (χ1v) is 6.48. The van der Waals surface area contributed by atoms with Crippen LogP contribution < -0.4 is 10.6 Å². The summed E-state index contributed by atoms with van der Waals surface area (Å²) in [6, 6.07) is 19.3. The number of nitrogens with zero attached hydrogens (tertiary/aromatic N) is 1. The van der Waals surface area contributed by atoms with Crippen molar-refractivity contribution in [1.29, 1.82) is 0 Å². The van der Waals surface area contributed by atoms with Crippen LogP contribution in [0.1, 0.15) is 23.6 Å². The summed E-state index contributed by atoms with van der Waals surface area (Å²) in [5, 5.41) is 0. The Balaban J connectivity index is 1.89. The van der Waals surface area contributed by atoms with E-state index in [0.29, 0.717) is 0 Å². The van der Waals surface area contributed by atoms with Crippen molar-refractivity contribution in [3.05, 3.63) is 65.7 Å². The Bertz CT molecular complexity index is 522. The fraction of sp³-hybridized carbons (Fsp3) is 0.250. The molecule has 1 aliphatic heterocycles. The minimum Gasteiger partial charge on any atom is -0.367 e. The molecule has 0 spiro atoms. The third-order valence-corrected chi connectivity index (χ3v) is 3.60. The lowest BCUT2D eigenvalue weighted by molar-refractivity contribution is 0.590. The normalized spacial score (nSPS) is 18.5. The first kappa shape index (κ1) is 11.3. The van der Waals surface area contributed by atoms with Gasteiger partial charge in [0, 0.05) is 24.8 Å². The summed E-state index contributed by atoms with van der Waals surface area (Å²) >= 11 is 0. The minimum absolute atomic E-state index is 0.188. The summed E-state index contributed by atoms with van der Waals surface area (Å²) in [7, 11) is 0. The summed E-state index contributed by atoms with van der Waals surface area (Å²) in [6.45, 7) is 2.00. The molecule has 2 aromatic carbocycles. The SMILES string of the molecule is N[C@@H]1CCN(Cc2ccccc2)c2ccccc21. The monoisotopic (exact) mass is 238 g/mol. The minimum atomic E-state index is 0.188. The van der Waals surface area contributed by atoms with Crippen LogP contribution in [0.5, 0.6) is 0 Å². The Morgan fingerprint density at radius 2 is 1.72 bits per heavy atom. The van der Waals surface area contributed by atoms with Gasteiger partial charge in [-0.05, 0) is 23.6 Å². The van der Waals surface area contributed by atoms with Crippen LogP contribution >= 0.6 is 0 Å². The fourth-order valence-corrected chi connectivity index (χ4v) is 2.63. The Morgan fingerprint density at radius 3 is 2.56 bits per heavy atom. The molecule has 2 heteroatoms. The second-order valence-electron chi connectivity index (χ2n) is 4.86. The van der Waals surface area contributed by atoms with E-state index in [9.17, 15) is 0 Å². The summed E-state index contributed by atoms with van der Waals surface area (Å²) in [6.07, 6.45) is 1.03. The average molecular weight is 238 g/mol. The number of hydrogen-bond acceptors (Lipinski definition) is 2. The quantitative estimate of drug-likeness (QED) is 0.871. The van der Waals surface area contributed by atoms with Gasteiger partial charge in [-0.1, -0.05) is 48.5 Å². The van der Waals surface area contributed by atoms with Crippen LogP contribution in [0.4, 0.5) is 5.69 Å². The van der Waals surface area contributed by atoms with Crippen molar-refractivity contribution in [1.82, 2.24) is 0 Å². The average Bonchev–Trinajstić information content (AvgIpc) is 2.44. The zero-order valence-electron chi connectivity index (χ0n) is 10.4. The van der Waals surface area contributed by atoms with Crippen molar-refractivity contribution < 1.29 is 0 Å². The summed E-state index contributed by atoms with van der Waals surface area (Å²) < 4.78 is 0. The van der Waals surface area contributed by atoms with Gasteiger partial charge in [0.15, 0.2) is 0 Å². The number of rotatable bonds is 2. The first-order valence-electron chi connectivity index (χ1n) is 6.48. The number of fused-ring (bicyclic) bond motifs is 1. The van der Waals surface area contributed by atoms with E-state index in [-0.39, 0.29) is 6.04 Å². The third kappa shape index (κ3) is 2.12. The lowest BCUT2D eigenvalue weighted by atomic mass is 9.97. The number of anilines is 1. The van der Waals surface area contributed by atoms with E-state index in [1.54, 1.807) is 0 Å². The maximum Gasteiger partial charge on any atom is 0.0429 e. The highest BCUT2D eigenvalue weighted by Gasteiger charge is 2.21. The van der Waals surface area contributed by atoms with Gasteiger partial charge in [-0.15, -0.1) is 0 Å². The van der Waals surface area contributed by atoms with Crippen LogP contribution in [0.25, 0.3) is 0 Å². The first-order chi connectivity index (χ1) is 8.84. The number of nitrogens with two attached hydrogens (primary N) is 1. The van der Waals surface area contributed by atoms with E-state index < -0.39 is 0 Å². The van der Waals surface area contributed by atoms with E-state index in [1.807, 2.05) is 0 Å². The standard InChI is InChI=1S/C16H18N2/c17-15-10-11-18(12-13-6-2-1-3-7-13)16-9-5-4-8-14(15)16/h1-9,15H,10-12,17H2/t15-/m1/s1. The van der Waals surface area contributed by atoms with Gasteiger partial charge in [0.1, 0.15) is 0 Å². The topological polar surface area (TPSA) is 29.3 Å². The predicted octanol–water partition coefficient (Wildman–Crippen LogP) is 3.10. The van der Waals surface area contributed by atoms with Gasteiger partial charge >= 0.3 is 0 Å². The Hall–Kier alpha value is -1.80. The van der Waals surface area contributed by atoms with E-state index in [2.05, 4.69) is 59.5 Å². The molecule has 1 aliphatic rings. The highest BCUT2D eigenvalue weighted by atomic mass is 15.1. The molecule has 0 bridgehead atoms. The zero-order chi connectivity index (χ0) is 12.4. The number of para-hydroxylation sites is 1. The van der Waals surface area contributed by atoms with E-state index in [1.165, 1.54) is 16.8 Å². The molecule has 0 saturated heterocycles. The van der Waals surface area contributed by atoms with Gasteiger partial charge in [-0.2, -0.15) is 0 Å². The molecule has 2 nitrogen and oxygen atoms in total. The van der Waals surface area contributed by atoms with Crippen molar-refractivity contribution in [3.63, 3.8) is 0 Å². The second-order valence-corrected chi connectivity index (χ2v) is 4.86. The Labute approximate surface area is 108 Å². The van der Waals surface area contributed by atoms with Crippen LogP contribution in [-0.2, 0) is 6.54 Å². The summed E-state index contributed by atoms with van der Waals surface area (Å²) in [4.78, 5) is 2.42. The number of hydrogen-bond donors (Lipinski definition) is 1. The van der Waals surface area contributed by atoms with Crippen molar-refractivity contribution >= 4 is 5.69 Å². The molecule has 0 saturated carbocycles. The van der Waals surface area contributed by atoms with E-state index in [0.717, 1.165) is 19.5 Å². The molecule has 18 heavy (non-hydrogen) atoms. The van der Waals surface area contributed by atoms with Crippen molar-refractivity contribution in [2.24, 2.45) is 5.73 Å². The highest BCUT2D eigenvalue weighted by Crippen LogP contribution is 2.32. The molecule has 0 amide bonds. The summed E-state index contributed by atoms with van der Waals surface area (Å²) in [5.74, 6) is 0. The molecule has 1 atom stereocenters. The molecule has 92 valence electrons. The van der Waals surface area contributed by atoms with Gasteiger partial charge in [0.2, 0.25) is 0 Å². The molecule has 0 unspecified atom stereocenters. The van der Waals surface area contributed by atoms with Crippen LogP contribution in [0.15, 0.2) is 54.6 Å². The fourth-order valence-electron chi connectivity index (χ4n) is 2.63. The van der Waals surface area contributed by atoms with Gasteiger partial charge in [-0.25, -0.2) is 0 Å². The van der Waals surface area contributed by atoms with Crippen LogP contribution in [0, 0.1) is 0 Å². The van der Waals surface area contributed by atoms with Crippen molar-refractivity contribution in [2.75, 3.05) is 11.4 Å². The lowest BCUT2D eigenvalue weighted by Crippen LogP contribution is -2.33. The van der Waals surface area contributed by atoms with Gasteiger partial charge in [-0.3, -0.25) is 0 Å². The molecule has 2 aromatic rings. The predicted molar refractivity (Wildman–Crippen MR) is 75.5 cm³/mol. The molecular formula is C16H18N2. The Morgan fingerprint density at radius 1 is 1.00 bits per heavy atom. The van der Waals surface area contributed by atoms with Gasteiger partial charge in [0.25, 0.3) is 0 Å². The zero-order valence-corrected chi connectivity index (χ0v) is 10.4. The van der Waals surface area contributed by atoms with Crippen molar-refractivity contribution in [3.8, 4) is 0 Å². The molecule has 0 radical (unpaired) electrons. The van der Waals surface area contributed by atoms with Crippen molar-refractivity contribution in [2.45, 2.75) is 19.0 Å². The van der Waals surface area contributed by atoms with Gasteiger partial charge < -0.3 is 10.6 Å². The maximum absolute atomic E-state index is 6.18. The van der Waals surface area contributed by atoms with Crippen LogP contribution in [0.2, 0.25) is 0 Å². The molecule has 1 heterocycles. The van der Waals surface area contributed by atoms with E-state index >= 15 is 0 Å². The third-order valence-electron chi connectivity index (χ3n) is 3.60. The highest BCUT2D eigenvalue weighted by molar-refractivity contribution is 5.57. The Kier molecular flexibility index (Phi) is 3.03. The molecule has 0 aromatic heterocycles. The smallest absolute Gasteiger partial charge is 0.0429 e. The summed E-state index contributed by atoms with van der Waals surface area (Å²) in [5.41, 5.74) is 10.1. The second kappa shape index (κ2) is 4.83. The van der Waals surface area contributed by atoms with Crippen LogP contribution in [0.3, 0.4) is 0 Å². The lowest BCUT2D eigenvalue weighted by Gasteiger charge is -2.34. The maximum atomic E-state index is 6.18. The van der Waals surface area contributed by atoms with Crippen LogP contribution in [-0.4, -0.2) is 6.54 Å². The molecule has 0 fully saturated rings. The molecule has 2 N–H and O–H groups in total. The molecule has 0 aliphatic carbocycles. The van der Waals surface area contributed by atoms with E-state index in [4.69, 9.17) is 5.73 Å². The van der Waals surface area contributed by atoms with Gasteiger partial charge in [0.05, 0.1) is 0 Å². The largest absolute Gasteiger partial charge is 0.367 e. The number of benzene rings is 2.